The van der Waals surface area contributed by atoms with E-state index in [0.29, 0.717) is 18.8 Å². The van der Waals surface area contributed by atoms with E-state index in [1.807, 2.05) is 7.05 Å². The number of anilines is 2. The molecule has 2 heterocycles. The highest BCUT2D eigenvalue weighted by atomic mass is 16.5. The number of nitrogen functional groups attached to an aromatic ring is 1. The van der Waals surface area contributed by atoms with Crippen molar-refractivity contribution in [2.45, 2.75) is 25.9 Å². The molecule has 1 aromatic rings. The number of morpholine rings is 1. The number of nitrogens with two attached hydrogens (primary N) is 1. The van der Waals surface area contributed by atoms with E-state index in [4.69, 9.17) is 15.7 Å². The van der Waals surface area contributed by atoms with E-state index in [1.54, 1.807) is 4.68 Å². The number of nitriles is 1. The quantitative estimate of drug-likeness (QED) is 0.840. The Hall–Kier alpha value is -1.74. The maximum Gasteiger partial charge on any atom is 0.161 e. The summed E-state index contributed by atoms with van der Waals surface area (Å²) >= 11 is 0. The molecule has 1 aromatic heterocycles. The molecule has 6 nitrogen and oxygen atoms in total. The maximum absolute atomic E-state index is 8.93. The fourth-order valence-electron chi connectivity index (χ4n) is 2.27. The number of nitrogens with zero attached hydrogens (tertiary/aromatic N) is 4. The zero-order chi connectivity index (χ0) is 13.3. The van der Waals surface area contributed by atoms with Gasteiger partial charge in [0.25, 0.3) is 0 Å². The lowest BCUT2D eigenvalue weighted by Gasteiger charge is -2.31. The molecule has 18 heavy (non-hydrogen) atoms. The van der Waals surface area contributed by atoms with Crippen LogP contribution >= 0.6 is 0 Å². The third kappa shape index (κ3) is 2.14. The average Bonchev–Trinajstić information content (AvgIpc) is 2.65. The van der Waals surface area contributed by atoms with Crippen molar-refractivity contribution in [3.8, 4) is 6.07 Å². The van der Waals surface area contributed by atoms with Gasteiger partial charge in [0.05, 0.1) is 30.6 Å². The van der Waals surface area contributed by atoms with Gasteiger partial charge < -0.3 is 15.4 Å². The van der Waals surface area contributed by atoms with Gasteiger partial charge in [-0.05, 0) is 5.92 Å². The van der Waals surface area contributed by atoms with Gasteiger partial charge in [-0.15, -0.1) is 0 Å². The van der Waals surface area contributed by atoms with Crippen LogP contribution in [0.25, 0.3) is 0 Å². The Morgan fingerprint density at radius 3 is 2.83 bits per heavy atom. The molecule has 98 valence electrons. The summed E-state index contributed by atoms with van der Waals surface area (Å²) in [6, 6.07) is 2.14. The lowest BCUT2D eigenvalue weighted by atomic mass is 10.1. The van der Waals surface area contributed by atoms with Gasteiger partial charge in [0.15, 0.2) is 11.9 Å². The van der Waals surface area contributed by atoms with E-state index in [1.165, 1.54) is 0 Å². The molecule has 0 radical (unpaired) electrons. The van der Waals surface area contributed by atoms with E-state index < -0.39 is 6.10 Å². The van der Waals surface area contributed by atoms with Crippen molar-refractivity contribution in [2.75, 3.05) is 30.3 Å². The molecule has 2 N–H and O–H groups in total. The summed E-state index contributed by atoms with van der Waals surface area (Å²) in [5.74, 6) is 1.18. The van der Waals surface area contributed by atoms with Crippen molar-refractivity contribution in [2.24, 2.45) is 7.05 Å². The summed E-state index contributed by atoms with van der Waals surface area (Å²) in [4.78, 5) is 2.08. The highest BCUT2D eigenvalue weighted by Crippen LogP contribution is 2.31. The summed E-state index contributed by atoms with van der Waals surface area (Å²) < 4.78 is 7.14. The van der Waals surface area contributed by atoms with Crippen molar-refractivity contribution < 1.29 is 4.74 Å². The van der Waals surface area contributed by atoms with Crippen molar-refractivity contribution >= 4 is 11.5 Å². The monoisotopic (exact) mass is 249 g/mol. The van der Waals surface area contributed by atoms with E-state index in [-0.39, 0.29) is 5.92 Å². The smallest absolute Gasteiger partial charge is 0.161 e. The molecule has 0 saturated carbocycles. The molecule has 0 bridgehead atoms. The minimum absolute atomic E-state index is 0.290. The molecule has 1 unspecified atom stereocenters. The van der Waals surface area contributed by atoms with Crippen LogP contribution in [-0.4, -0.2) is 35.6 Å². The van der Waals surface area contributed by atoms with Crippen molar-refractivity contribution in [1.82, 2.24) is 9.78 Å². The molecule has 2 rings (SSSR count). The van der Waals surface area contributed by atoms with Crippen molar-refractivity contribution in [3.05, 3.63) is 5.69 Å². The van der Waals surface area contributed by atoms with Crippen LogP contribution in [0.2, 0.25) is 0 Å². The van der Waals surface area contributed by atoms with E-state index in [9.17, 15) is 0 Å². The van der Waals surface area contributed by atoms with E-state index in [2.05, 4.69) is 29.9 Å². The van der Waals surface area contributed by atoms with Gasteiger partial charge in [-0.2, -0.15) is 10.4 Å². The fraction of sp³-hybridized carbons (Fsp3) is 0.667. The molecule has 1 fully saturated rings. The van der Waals surface area contributed by atoms with Gasteiger partial charge in [0.1, 0.15) is 0 Å². The van der Waals surface area contributed by atoms with Crippen LogP contribution in [-0.2, 0) is 11.8 Å². The van der Waals surface area contributed by atoms with Crippen LogP contribution in [0, 0.1) is 11.3 Å². The number of hydrogen-bond donors (Lipinski definition) is 1. The molecule has 0 aromatic carbocycles. The van der Waals surface area contributed by atoms with Crippen LogP contribution in [0.15, 0.2) is 0 Å². The third-order valence-corrected chi connectivity index (χ3v) is 3.14. The lowest BCUT2D eigenvalue weighted by Crippen LogP contribution is -2.43. The van der Waals surface area contributed by atoms with Gasteiger partial charge in [0.2, 0.25) is 0 Å². The average molecular weight is 249 g/mol. The van der Waals surface area contributed by atoms with E-state index in [0.717, 1.165) is 18.1 Å². The first-order chi connectivity index (χ1) is 8.54. The van der Waals surface area contributed by atoms with Crippen LogP contribution in [0.1, 0.15) is 25.5 Å². The minimum Gasteiger partial charge on any atom is -0.394 e. The van der Waals surface area contributed by atoms with Gasteiger partial charge in [-0.3, -0.25) is 4.68 Å². The Morgan fingerprint density at radius 2 is 2.28 bits per heavy atom. The van der Waals surface area contributed by atoms with Crippen molar-refractivity contribution in [1.29, 1.82) is 5.26 Å². The van der Waals surface area contributed by atoms with Gasteiger partial charge in [0, 0.05) is 13.6 Å². The second-order valence-corrected chi connectivity index (χ2v) is 4.84. The molecule has 0 amide bonds. The summed E-state index contributed by atoms with van der Waals surface area (Å²) in [6.07, 6.45) is -0.393. The van der Waals surface area contributed by atoms with Crippen molar-refractivity contribution in [3.63, 3.8) is 0 Å². The largest absolute Gasteiger partial charge is 0.394 e. The van der Waals surface area contributed by atoms with E-state index >= 15 is 0 Å². The van der Waals surface area contributed by atoms with Gasteiger partial charge in [-0.25, -0.2) is 0 Å². The molecule has 1 aliphatic heterocycles. The number of aryl methyl sites for hydroxylation is 1. The Labute approximate surface area is 107 Å². The Morgan fingerprint density at radius 1 is 1.56 bits per heavy atom. The standard InChI is InChI=1S/C12H19N5O/c1-8(2)11-10(14)12(16(3)15-11)17-4-5-18-9(6-13)7-17/h8-9H,4-5,7,14H2,1-3H3. The molecular formula is C12H19N5O. The number of hydrogen-bond acceptors (Lipinski definition) is 5. The molecule has 1 atom stereocenters. The Bertz CT molecular complexity index is 474. The highest BCUT2D eigenvalue weighted by molar-refractivity contribution is 5.67. The molecular weight excluding hydrogens is 230 g/mol. The molecule has 1 aliphatic rings. The second-order valence-electron chi connectivity index (χ2n) is 4.84. The summed E-state index contributed by atoms with van der Waals surface area (Å²) in [5, 5.41) is 13.4. The normalized spacial score (nSPS) is 20.2. The van der Waals surface area contributed by atoms with Crippen LogP contribution in [0.3, 0.4) is 0 Å². The Balaban J connectivity index is 2.31. The SMILES string of the molecule is CC(C)c1nn(C)c(N2CCOC(C#N)C2)c1N. The van der Waals surface area contributed by atoms with Gasteiger partial charge >= 0.3 is 0 Å². The van der Waals surface area contributed by atoms with Crippen LogP contribution < -0.4 is 10.6 Å². The molecule has 0 spiro atoms. The minimum atomic E-state index is -0.393. The molecule has 0 aliphatic carbocycles. The first kappa shape index (κ1) is 12.7. The van der Waals surface area contributed by atoms with Crippen LogP contribution in [0.4, 0.5) is 11.5 Å². The number of ether oxygens (including phenoxy) is 1. The fourth-order valence-corrected chi connectivity index (χ4v) is 2.27. The highest BCUT2D eigenvalue weighted by Gasteiger charge is 2.26. The zero-order valence-corrected chi connectivity index (χ0v) is 11.1. The topological polar surface area (TPSA) is 80.1 Å². The lowest BCUT2D eigenvalue weighted by molar-refractivity contribution is 0.0759. The molecule has 1 saturated heterocycles. The number of aromatic nitrogens is 2. The molecule has 6 heteroatoms. The summed E-state index contributed by atoms with van der Waals surface area (Å²) in [6.45, 7) is 5.96. The van der Waals surface area contributed by atoms with Crippen LogP contribution in [0.5, 0.6) is 0 Å². The first-order valence-electron chi connectivity index (χ1n) is 6.13. The maximum atomic E-state index is 8.93. The third-order valence-electron chi connectivity index (χ3n) is 3.14. The number of rotatable bonds is 2. The van der Waals surface area contributed by atoms with Gasteiger partial charge in [-0.1, -0.05) is 13.8 Å². The zero-order valence-electron chi connectivity index (χ0n) is 11.1. The predicted molar refractivity (Wildman–Crippen MR) is 69.3 cm³/mol. The Kier molecular flexibility index (Phi) is 3.43. The predicted octanol–water partition coefficient (Wildman–Crippen LogP) is 0.854. The summed E-state index contributed by atoms with van der Waals surface area (Å²) in [5.41, 5.74) is 7.80. The summed E-state index contributed by atoms with van der Waals surface area (Å²) in [7, 11) is 1.88. The first-order valence-corrected chi connectivity index (χ1v) is 6.13. The second kappa shape index (κ2) is 4.86.